The lowest BCUT2D eigenvalue weighted by Crippen LogP contribution is -2.40. The Labute approximate surface area is 170 Å². The second-order valence-electron chi connectivity index (χ2n) is 7.63. The smallest absolute Gasteiger partial charge is 0.254 e. The lowest BCUT2D eigenvalue weighted by molar-refractivity contribution is -0.140. The van der Waals surface area contributed by atoms with Crippen LogP contribution in [0, 0.1) is 39.1 Å². The molecule has 6 rings (SSSR count). The summed E-state index contributed by atoms with van der Waals surface area (Å²) in [6.45, 7) is 0. The second kappa shape index (κ2) is 6.05. The summed E-state index contributed by atoms with van der Waals surface area (Å²) < 4.78 is 11.6. The van der Waals surface area contributed by atoms with Crippen LogP contribution in [-0.2, 0) is 9.59 Å². The van der Waals surface area contributed by atoms with E-state index in [4.69, 9.17) is 9.47 Å². The van der Waals surface area contributed by atoms with E-state index in [9.17, 15) is 9.59 Å². The number of halogens is 1. The van der Waals surface area contributed by atoms with Gasteiger partial charge in [-0.1, -0.05) is 12.2 Å². The monoisotopic (exact) mass is 478 g/mol. The zero-order valence-corrected chi connectivity index (χ0v) is 17.1. The van der Waals surface area contributed by atoms with Gasteiger partial charge < -0.3 is 9.47 Å². The molecule has 1 saturated heterocycles. The van der Waals surface area contributed by atoms with Crippen molar-refractivity contribution in [2.45, 2.75) is 6.42 Å². The Morgan fingerprint density at radius 2 is 1.70 bits per heavy atom. The zero-order chi connectivity index (χ0) is 18.9. The molecule has 5 aliphatic rings. The highest BCUT2D eigenvalue weighted by molar-refractivity contribution is 14.1. The topological polar surface area (TPSA) is 68.2 Å². The van der Waals surface area contributed by atoms with Crippen molar-refractivity contribution in [1.29, 1.82) is 0 Å². The van der Waals surface area contributed by atoms with Crippen molar-refractivity contribution in [2.75, 3.05) is 14.2 Å². The first kappa shape index (κ1) is 17.2. The third kappa shape index (κ3) is 2.40. The predicted octanol–water partition coefficient (Wildman–Crippen LogP) is 2.70. The summed E-state index contributed by atoms with van der Waals surface area (Å²) in [5.41, 5.74) is 0.747. The van der Waals surface area contributed by atoms with E-state index in [0.29, 0.717) is 23.3 Å². The fourth-order valence-electron chi connectivity index (χ4n) is 5.19. The Kier molecular flexibility index (Phi) is 3.86. The average Bonchev–Trinajstić information content (AvgIpc) is 3.45. The number of nitrogens with zero attached hydrogens (tertiary/aromatic N) is 2. The van der Waals surface area contributed by atoms with Crippen molar-refractivity contribution >= 4 is 40.6 Å². The number of allylic oxidation sites excluding steroid dienone is 2. The number of amides is 2. The molecule has 4 aliphatic carbocycles. The Bertz CT molecular complexity index is 875. The van der Waals surface area contributed by atoms with Gasteiger partial charge in [0.1, 0.15) is 0 Å². The first-order chi connectivity index (χ1) is 13.0. The molecular formula is C20H19IN2O4. The molecule has 1 aliphatic heterocycles. The number of ether oxygens (including phenoxy) is 2. The minimum Gasteiger partial charge on any atom is -0.493 e. The SMILES string of the molecule is COc1cc(/C=N\N2C(=O)[C@@H]3[C@@H]4C=C[C@@H]([C@@H]5C[C@H]45)[C@@H]3C2=O)cc(I)c1OC. The highest BCUT2D eigenvalue weighted by Crippen LogP contribution is 2.65. The molecule has 7 heteroatoms. The van der Waals surface area contributed by atoms with E-state index in [2.05, 4.69) is 39.8 Å². The minimum absolute atomic E-state index is 0.152. The molecule has 6 nitrogen and oxygen atoms in total. The quantitative estimate of drug-likeness (QED) is 0.289. The van der Waals surface area contributed by atoms with Gasteiger partial charge in [-0.15, -0.1) is 0 Å². The van der Waals surface area contributed by atoms with E-state index in [1.807, 2.05) is 6.07 Å². The summed E-state index contributed by atoms with van der Waals surface area (Å²) in [6.07, 6.45) is 7.03. The highest BCUT2D eigenvalue weighted by Gasteiger charge is 2.67. The van der Waals surface area contributed by atoms with Crippen molar-refractivity contribution in [1.82, 2.24) is 5.01 Å². The molecular weight excluding hydrogens is 459 g/mol. The molecule has 0 aromatic heterocycles. The molecule has 6 atom stereocenters. The number of carbonyl (C=O) groups is 2. The van der Waals surface area contributed by atoms with Crippen LogP contribution >= 0.6 is 22.6 Å². The van der Waals surface area contributed by atoms with Gasteiger partial charge in [0.25, 0.3) is 11.8 Å². The third-order valence-electron chi connectivity index (χ3n) is 6.42. The normalized spacial score (nSPS) is 35.6. The van der Waals surface area contributed by atoms with Crippen molar-refractivity contribution in [3.05, 3.63) is 33.4 Å². The van der Waals surface area contributed by atoms with E-state index < -0.39 is 0 Å². The largest absolute Gasteiger partial charge is 0.493 e. The number of hydrogen-bond donors (Lipinski definition) is 0. The first-order valence-electron chi connectivity index (χ1n) is 9.06. The predicted molar refractivity (Wildman–Crippen MR) is 106 cm³/mol. The van der Waals surface area contributed by atoms with Crippen molar-refractivity contribution in [3.8, 4) is 11.5 Å². The summed E-state index contributed by atoms with van der Waals surface area (Å²) in [5.74, 6) is 2.09. The van der Waals surface area contributed by atoms with E-state index in [0.717, 1.165) is 20.6 Å². The number of benzene rings is 1. The van der Waals surface area contributed by atoms with Crippen LogP contribution in [0.3, 0.4) is 0 Å². The molecule has 3 fully saturated rings. The zero-order valence-electron chi connectivity index (χ0n) is 15.0. The number of imide groups is 1. The van der Waals surface area contributed by atoms with Gasteiger partial charge >= 0.3 is 0 Å². The molecule has 1 aromatic rings. The van der Waals surface area contributed by atoms with Crippen molar-refractivity contribution in [2.24, 2.45) is 40.6 Å². The number of methoxy groups -OCH3 is 2. The van der Waals surface area contributed by atoms with Crippen LogP contribution in [0.5, 0.6) is 11.5 Å². The van der Waals surface area contributed by atoms with Crippen LogP contribution in [0.15, 0.2) is 29.4 Å². The lowest BCUT2D eigenvalue weighted by atomic mass is 9.63. The number of carbonyl (C=O) groups excluding carboxylic acids is 2. The average molecular weight is 478 g/mol. The summed E-state index contributed by atoms with van der Waals surface area (Å²) in [4.78, 5) is 25.9. The Morgan fingerprint density at radius 1 is 1.07 bits per heavy atom. The van der Waals surface area contributed by atoms with Crippen LogP contribution in [0.25, 0.3) is 0 Å². The molecule has 0 radical (unpaired) electrons. The van der Waals surface area contributed by atoms with Gasteiger partial charge in [-0.2, -0.15) is 10.1 Å². The number of hydrogen-bond acceptors (Lipinski definition) is 5. The van der Waals surface area contributed by atoms with Crippen LogP contribution in [-0.4, -0.2) is 37.3 Å². The van der Waals surface area contributed by atoms with Gasteiger partial charge in [0.2, 0.25) is 0 Å². The maximum absolute atomic E-state index is 12.9. The fourth-order valence-corrected chi connectivity index (χ4v) is 6.04. The standard InChI is InChI=1S/C20H19IN2O4/c1-26-15-6-9(5-14(21)18(15)27-2)8-22-23-19(24)16-10-3-4-11(13-7-12(10)13)17(16)20(23)25/h3-6,8,10-13,16-17H,7H2,1-2H3/b22-8-/t10-,11+,12-,13+,16-,17+. The minimum atomic E-state index is -0.223. The maximum Gasteiger partial charge on any atom is 0.254 e. The summed E-state index contributed by atoms with van der Waals surface area (Å²) in [6, 6.07) is 3.66. The molecule has 1 aromatic carbocycles. The molecule has 0 unspecified atom stereocenters. The summed E-state index contributed by atoms with van der Waals surface area (Å²) >= 11 is 2.16. The van der Waals surface area contributed by atoms with Crippen LogP contribution in [0.1, 0.15) is 12.0 Å². The Morgan fingerprint density at radius 3 is 2.26 bits per heavy atom. The third-order valence-corrected chi connectivity index (χ3v) is 7.22. The molecule has 1 heterocycles. The highest BCUT2D eigenvalue weighted by atomic mass is 127. The summed E-state index contributed by atoms with van der Waals surface area (Å²) in [5, 5.41) is 5.36. The molecule has 27 heavy (non-hydrogen) atoms. The molecule has 140 valence electrons. The van der Waals surface area contributed by atoms with E-state index in [1.54, 1.807) is 26.5 Å². The van der Waals surface area contributed by atoms with Gasteiger partial charge in [0.15, 0.2) is 11.5 Å². The Hall–Kier alpha value is -1.90. The first-order valence-corrected chi connectivity index (χ1v) is 10.1. The van der Waals surface area contributed by atoms with Crippen molar-refractivity contribution in [3.63, 3.8) is 0 Å². The molecule has 0 spiro atoms. The van der Waals surface area contributed by atoms with Crippen LogP contribution < -0.4 is 9.47 Å². The van der Waals surface area contributed by atoms with Gasteiger partial charge in [0.05, 0.1) is 35.8 Å². The molecule has 2 bridgehead atoms. The van der Waals surface area contributed by atoms with Gasteiger partial charge in [-0.05, 0) is 70.4 Å². The van der Waals surface area contributed by atoms with E-state index >= 15 is 0 Å². The van der Waals surface area contributed by atoms with Crippen LogP contribution in [0.4, 0.5) is 0 Å². The maximum atomic E-state index is 12.9. The van der Waals surface area contributed by atoms with E-state index in [-0.39, 0.29) is 35.5 Å². The van der Waals surface area contributed by atoms with Crippen molar-refractivity contribution < 1.29 is 19.1 Å². The van der Waals surface area contributed by atoms with Crippen LogP contribution in [0.2, 0.25) is 0 Å². The van der Waals surface area contributed by atoms with E-state index in [1.165, 1.54) is 0 Å². The number of rotatable bonds is 4. The van der Waals surface area contributed by atoms with Gasteiger partial charge in [-0.3, -0.25) is 9.59 Å². The fraction of sp³-hybridized carbons (Fsp3) is 0.450. The summed E-state index contributed by atoms with van der Waals surface area (Å²) in [7, 11) is 3.16. The molecule has 2 amide bonds. The second-order valence-corrected chi connectivity index (χ2v) is 8.79. The lowest BCUT2D eigenvalue weighted by Gasteiger charge is -2.37. The molecule has 0 N–H and O–H groups in total. The Balaban J connectivity index is 1.43. The van der Waals surface area contributed by atoms with Gasteiger partial charge in [-0.25, -0.2) is 0 Å². The molecule has 2 saturated carbocycles. The van der Waals surface area contributed by atoms with Gasteiger partial charge in [0, 0.05) is 0 Å². The number of hydrazone groups is 1.